The molecule has 0 aromatic rings. The standard InChI is InChI=1S/C11H22N2O/c14-7-2-1-6-13-8-10-4-3-5-12-11(10)9-13/h10-12,14H,1-9H2. The summed E-state index contributed by atoms with van der Waals surface area (Å²) in [6.45, 7) is 5.25. The molecule has 3 nitrogen and oxygen atoms in total. The van der Waals surface area contributed by atoms with E-state index >= 15 is 0 Å². The van der Waals surface area contributed by atoms with Gasteiger partial charge in [0.15, 0.2) is 0 Å². The van der Waals surface area contributed by atoms with Gasteiger partial charge in [0, 0.05) is 25.7 Å². The van der Waals surface area contributed by atoms with Gasteiger partial charge >= 0.3 is 0 Å². The number of hydrogen-bond donors (Lipinski definition) is 2. The first-order valence-electron chi connectivity index (χ1n) is 5.97. The van der Waals surface area contributed by atoms with Crippen LogP contribution >= 0.6 is 0 Å². The minimum absolute atomic E-state index is 0.346. The SMILES string of the molecule is OCCCCN1CC2CCCNC2C1. The molecule has 2 aliphatic heterocycles. The first kappa shape index (κ1) is 10.4. The highest BCUT2D eigenvalue weighted by atomic mass is 16.2. The largest absolute Gasteiger partial charge is 0.396 e. The molecule has 82 valence electrons. The van der Waals surface area contributed by atoms with Crippen molar-refractivity contribution < 1.29 is 5.11 Å². The van der Waals surface area contributed by atoms with Crippen LogP contribution in [-0.4, -0.2) is 48.8 Å². The van der Waals surface area contributed by atoms with E-state index in [-0.39, 0.29) is 0 Å². The molecule has 0 bridgehead atoms. The second-order valence-corrected chi connectivity index (χ2v) is 4.65. The number of piperidine rings is 1. The summed E-state index contributed by atoms with van der Waals surface area (Å²) < 4.78 is 0. The molecule has 0 aliphatic carbocycles. The highest BCUT2D eigenvalue weighted by molar-refractivity contribution is 4.91. The summed E-state index contributed by atoms with van der Waals surface area (Å²) in [5, 5.41) is 12.3. The predicted octanol–water partition coefficient (Wildman–Crippen LogP) is 0.443. The van der Waals surface area contributed by atoms with Crippen LogP contribution in [0.1, 0.15) is 25.7 Å². The minimum atomic E-state index is 0.346. The van der Waals surface area contributed by atoms with Crippen LogP contribution in [-0.2, 0) is 0 Å². The zero-order valence-electron chi connectivity index (χ0n) is 8.91. The van der Waals surface area contributed by atoms with Crippen molar-refractivity contribution in [3.05, 3.63) is 0 Å². The molecule has 0 aromatic heterocycles. The Morgan fingerprint density at radius 1 is 1.29 bits per heavy atom. The number of nitrogens with zero attached hydrogens (tertiary/aromatic N) is 1. The lowest BCUT2D eigenvalue weighted by atomic mass is 9.94. The van der Waals surface area contributed by atoms with Gasteiger partial charge in [-0.3, -0.25) is 0 Å². The lowest BCUT2D eigenvalue weighted by molar-refractivity contribution is 0.260. The van der Waals surface area contributed by atoms with Gasteiger partial charge in [0.1, 0.15) is 0 Å². The van der Waals surface area contributed by atoms with Gasteiger partial charge in [-0.05, 0) is 44.7 Å². The van der Waals surface area contributed by atoms with Gasteiger partial charge in [-0.25, -0.2) is 0 Å². The van der Waals surface area contributed by atoms with Gasteiger partial charge in [0.2, 0.25) is 0 Å². The molecule has 2 aliphatic rings. The van der Waals surface area contributed by atoms with Crippen LogP contribution in [0.5, 0.6) is 0 Å². The van der Waals surface area contributed by atoms with Crippen molar-refractivity contribution in [1.29, 1.82) is 0 Å². The van der Waals surface area contributed by atoms with E-state index in [0.29, 0.717) is 6.61 Å². The molecule has 0 saturated carbocycles. The molecule has 0 aromatic carbocycles. The van der Waals surface area contributed by atoms with Crippen LogP contribution in [0.4, 0.5) is 0 Å². The third kappa shape index (κ3) is 2.47. The topological polar surface area (TPSA) is 35.5 Å². The van der Waals surface area contributed by atoms with E-state index < -0.39 is 0 Å². The Kier molecular flexibility index (Phi) is 3.79. The summed E-state index contributed by atoms with van der Waals surface area (Å²) >= 11 is 0. The molecule has 2 N–H and O–H groups in total. The van der Waals surface area contributed by atoms with Crippen molar-refractivity contribution >= 4 is 0 Å². The highest BCUT2D eigenvalue weighted by Gasteiger charge is 2.33. The molecule has 0 radical (unpaired) electrons. The van der Waals surface area contributed by atoms with Crippen molar-refractivity contribution in [2.75, 3.05) is 32.8 Å². The summed E-state index contributed by atoms with van der Waals surface area (Å²) in [6.07, 6.45) is 4.87. The van der Waals surface area contributed by atoms with E-state index in [1.807, 2.05) is 0 Å². The fourth-order valence-corrected chi connectivity index (χ4v) is 2.77. The van der Waals surface area contributed by atoms with Crippen molar-refractivity contribution in [3.63, 3.8) is 0 Å². The smallest absolute Gasteiger partial charge is 0.0431 e. The first-order valence-corrected chi connectivity index (χ1v) is 5.97. The zero-order chi connectivity index (χ0) is 9.80. The lowest BCUT2D eigenvalue weighted by Crippen LogP contribution is -2.40. The Bertz CT molecular complexity index is 161. The monoisotopic (exact) mass is 198 g/mol. The van der Waals surface area contributed by atoms with Crippen molar-refractivity contribution in [1.82, 2.24) is 10.2 Å². The van der Waals surface area contributed by atoms with Gasteiger partial charge in [-0.15, -0.1) is 0 Å². The summed E-state index contributed by atoms with van der Waals surface area (Å²) in [5.41, 5.74) is 0. The number of likely N-dealkylation sites (tertiary alicyclic amines) is 1. The fourth-order valence-electron chi connectivity index (χ4n) is 2.77. The molecule has 2 unspecified atom stereocenters. The summed E-state index contributed by atoms with van der Waals surface area (Å²) in [4.78, 5) is 2.56. The van der Waals surface area contributed by atoms with Crippen molar-refractivity contribution in [3.8, 4) is 0 Å². The second-order valence-electron chi connectivity index (χ2n) is 4.65. The number of aliphatic hydroxyl groups excluding tert-OH is 1. The van der Waals surface area contributed by atoms with E-state index in [1.54, 1.807) is 0 Å². The summed E-state index contributed by atoms with van der Waals surface area (Å²) in [5.74, 6) is 0.901. The number of fused-ring (bicyclic) bond motifs is 1. The number of nitrogens with one attached hydrogen (secondary N) is 1. The Balaban J connectivity index is 1.70. The third-order valence-electron chi connectivity index (χ3n) is 3.56. The van der Waals surface area contributed by atoms with E-state index in [4.69, 9.17) is 5.11 Å². The summed E-state index contributed by atoms with van der Waals surface area (Å²) in [6, 6.07) is 0.762. The molecular formula is C11H22N2O. The molecule has 2 atom stereocenters. The fraction of sp³-hybridized carbons (Fsp3) is 1.00. The van der Waals surface area contributed by atoms with Crippen LogP contribution in [0.25, 0.3) is 0 Å². The first-order chi connectivity index (χ1) is 6.90. The van der Waals surface area contributed by atoms with Gasteiger partial charge in [0.25, 0.3) is 0 Å². The maximum absolute atomic E-state index is 8.72. The van der Waals surface area contributed by atoms with Crippen LogP contribution in [0.3, 0.4) is 0 Å². The molecule has 2 rings (SSSR count). The van der Waals surface area contributed by atoms with Gasteiger partial charge in [-0.1, -0.05) is 0 Å². The molecule has 2 saturated heterocycles. The zero-order valence-corrected chi connectivity index (χ0v) is 8.91. The Labute approximate surface area is 86.5 Å². The number of aliphatic hydroxyl groups is 1. The molecule has 2 fully saturated rings. The quantitative estimate of drug-likeness (QED) is 0.644. The third-order valence-corrected chi connectivity index (χ3v) is 3.56. The molecule has 0 amide bonds. The number of hydrogen-bond acceptors (Lipinski definition) is 3. The average molecular weight is 198 g/mol. The van der Waals surface area contributed by atoms with Gasteiger partial charge < -0.3 is 15.3 Å². The van der Waals surface area contributed by atoms with Crippen LogP contribution in [0, 0.1) is 5.92 Å². The Morgan fingerprint density at radius 3 is 3.00 bits per heavy atom. The Hall–Kier alpha value is -0.120. The highest BCUT2D eigenvalue weighted by Crippen LogP contribution is 2.24. The number of unbranched alkanes of at least 4 members (excludes halogenated alkanes) is 1. The summed E-state index contributed by atoms with van der Waals surface area (Å²) in [7, 11) is 0. The minimum Gasteiger partial charge on any atom is -0.396 e. The van der Waals surface area contributed by atoms with Crippen molar-refractivity contribution in [2.24, 2.45) is 5.92 Å². The Morgan fingerprint density at radius 2 is 2.21 bits per heavy atom. The second kappa shape index (κ2) is 5.10. The molecule has 14 heavy (non-hydrogen) atoms. The van der Waals surface area contributed by atoms with Crippen LogP contribution in [0.2, 0.25) is 0 Å². The van der Waals surface area contributed by atoms with Crippen LogP contribution in [0.15, 0.2) is 0 Å². The maximum Gasteiger partial charge on any atom is 0.0431 e. The van der Waals surface area contributed by atoms with E-state index in [0.717, 1.165) is 24.8 Å². The molecule has 0 spiro atoms. The molecular weight excluding hydrogens is 176 g/mol. The molecule has 3 heteroatoms. The van der Waals surface area contributed by atoms with E-state index in [9.17, 15) is 0 Å². The van der Waals surface area contributed by atoms with Gasteiger partial charge in [-0.2, -0.15) is 0 Å². The van der Waals surface area contributed by atoms with E-state index in [1.165, 1.54) is 39.0 Å². The molecule has 2 heterocycles. The van der Waals surface area contributed by atoms with Gasteiger partial charge in [0.05, 0.1) is 0 Å². The maximum atomic E-state index is 8.72. The normalized spacial score (nSPS) is 33.2. The lowest BCUT2D eigenvalue weighted by Gasteiger charge is -2.24. The predicted molar refractivity (Wildman–Crippen MR) is 57.3 cm³/mol. The van der Waals surface area contributed by atoms with Crippen LogP contribution < -0.4 is 5.32 Å². The number of rotatable bonds is 4. The van der Waals surface area contributed by atoms with E-state index in [2.05, 4.69) is 10.2 Å². The average Bonchev–Trinajstić information content (AvgIpc) is 2.60. The van der Waals surface area contributed by atoms with Crippen molar-refractivity contribution in [2.45, 2.75) is 31.7 Å².